The third kappa shape index (κ3) is 2.52. The van der Waals surface area contributed by atoms with Crippen LogP contribution in [0.3, 0.4) is 0 Å². The average Bonchev–Trinajstić information content (AvgIpc) is 2.92. The molecular formula is C22H32O3. The van der Waals surface area contributed by atoms with E-state index in [1.165, 1.54) is 24.8 Å². The Labute approximate surface area is 151 Å². The molecule has 3 fully saturated rings. The SMILES string of the molecule is CCC(=O)O[C@H]1CCC2C3CCC4=CC(=O)CCC4(C)C3CCC21C. The van der Waals surface area contributed by atoms with Gasteiger partial charge in [0.15, 0.2) is 5.78 Å². The van der Waals surface area contributed by atoms with Gasteiger partial charge in [0.2, 0.25) is 0 Å². The highest BCUT2D eigenvalue weighted by atomic mass is 16.5. The number of hydrogen-bond acceptors (Lipinski definition) is 3. The minimum absolute atomic E-state index is 0.0411. The minimum atomic E-state index is -0.0411. The van der Waals surface area contributed by atoms with Gasteiger partial charge in [0.05, 0.1) is 0 Å². The molecule has 0 aromatic heterocycles. The molecule has 4 aliphatic carbocycles. The fourth-order valence-electron chi connectivity index (χ4n) is 6.95. The molecule has 0 saturated heterocycles. The highest BCUT2D eigenvalue weighted by Crippen LogP contribution is 2.65. The van der Waals surface area contributed by atoms with E-state index >= 15 is 0 Å². The third-order valence-corrected chi connectivity index (χ3v) is 8.44. The molecule has 25 heavy (non-hydrogen) atoms. The van der Waals surface area contributed by atoms with E-state index in [0.29, 0.717) is 24.0 Å². The Morgan fingerprint density at radius 3 is 2.68 bits per heavy atom. The fraction of sp³-hybridized carbons (Fsp3) is 0.818. The quantitative estimate of drug-likeness (QED) is 0.673. The van der Waals surface area contributed by atoms with Crippen molar-refractivity contribution >= 4 is 11.8 Å². The Kier molecular flexibility index (Phi) is 4.12. The van der Waals surface area contributed by atoms with E-state index in [4.69, 9.17) is 4.74 Å². The molecule has 0 aliphatic heterocycles. The molecule has 3 heteroatoms. The zero-order chi connectivity index (χ0) is 17.8. The summed E-state index contributed by atoms with van der Waals surface area (Å²) in [5, 5.41) is 0. The highest BCUT2D eigenvalue weighted by molar-refractivity contribution is 5.91. The summed E-state index contributed by atoms with van der Waals surface area (Å²) in [5.74, 6) is 2.41. The second-order valence-corrected chi connectivity index (χ2v) is 9.42. The lowest BCUT2D eigenvalue weighted by Gasteiger charge is -2.57. The first-order chi connectivity index (χ1) is 11.9. The number of esters is 1. The summed E-state index contributed by atoms with van der Waals surface area (Å²) in [5.41, 5.74) is 1.82. The summed E-state index contributed by atoms with van der Waals surface area (Å²) < 4.78 is 5.86. The first-order valence-electron chi connectivity index (χ1n) is 10.3. The summed E-state index contributed by atoms with van der Waals surface area (Å²) in [6.45, 7) is 6.69. The number of rotatable bonds is 2. The lowest BCUT2D eigenvalue weighted by Crippen LogP contribution is -2.51. The van der Waals surface area contributed by atoms with Crippen molar-refractivity contribution in [2.45, 2.75) is 84.7 Å². The smallest absolute Gasteiger partial charge is 0.305 e. The topological polar surface area (TPSA) is 43.4 Å². The van der Waals surface area contributed by atoms with Crippen molar-refractivity contribution in [3.05, 3.63) is 11.6 Å². The molecule has 0 amide bonds. The van der Waals surface area contributed by atoms with Crippen molar-refractivity contribution < 1.29 is 14.3 Å². The molecule has 0 aromatic rings. The lowest BCUT2D eigenvalue weighted by atomic mass is 9.47. The van der Waals surface area contributed by atoms with Crippen LogP contribution in [0.1, 0.15) is 78.6 Å². The van der Waals surface area contributed by atoms with Crippen molar-refractivity contribution in [3.63, 3.8) is 0 Å². The van der Waals surface area contributed by atoms with E-state index in [0.717, 1.165) is 38.0 Å². The maximum absolute atomic E-state index is 11.9. The lowest BCUT2D eigenvalue weighted by molar-refractivity contribution is -0.159. The number of ketones is 1. The number of allylic oxidation sites excluding steroid dienone is 1. The van der Waals surface area contributed by atoms with Crippen LogP contribution in [0.25, 0.3) is 0 Å². The zero-order valence-corrected chi connectivity index (χ0v) is 16.0. The van der Waals surface area contributed by atoms with Gasteiger partial charge < -0.3 is 4.74 Å². The molecule has 0 heterocycles. The zero-order valence-electron chi connectivity index (χ0n) is 16.0. The standard InChI is InChI=1S/C22H32O3/c1-4-20(24)25-19-8-7-17-16-6-5-14-13-15(23)9-11-21(14,2)18(16)10-12-22(17,19)3/h13,16-19H,4-12H2,1-3H3/t16?,17?,18?,19-,21?,22?/m0/s1. The van der Waals surface area contributed by atoms with Gasteiger partial charge >= 0.3 is 5.97 Å². The molecule has 5 unspecified atom stereocenters. The number of ether oxygens (including phenoxy) is 1. The molecule has 3 nitrogen and oxygen atoms in total. The predicted molar refractivity (Wildman–Crippen MR) is 96.9 cm³/mol. The summed E-state index contributed by atoms with van der Waals surface area (Å²) in [7, 11) is 0. The van der Waals surface area contributed by atoms with E-state index in [1.54, 1.807) is 0 Å². The van der Waals surface area contributed by atoms with Crippen molar-refractivity contribution in [3.8, 4) is 0 Å². The fourth-order valence-corrected chi connectivity index (χ4v) is 6.95. The van der Waals surface area contributed by atoms with E-state index in [1.807, 2.05) is 13.0 Å². The van der Waals surface area contributed by atoms with Gasteiger partial charge in [-0.05, 0) is 74.2 Å². The average molecular weight is 344 g/mol. The van der Waals surface area contributed by atoms with Crippen LogP contribution < -0.4 is 0 Å². The second kappa shape index (κ2) is 5.96. The Morgan fingerprint density at radius 1 is 1.12 bits per heavy atom. The Hall–Kier alpha value is -1.12. The molecule has 3 saturated carbocycles. The molecule has 0 spiro atoms. The van der Waals surface area contributed by atoms with Crippen LogP contribution in [0.5, 0.6) is 0 Å². The van der Waals surface area contributed by atoms with Crippen LogP contribution >= 0.6 is 0 Å². The van der Waals surface area contributed by atoms with Crippen molar-refractivity contribution in [1.29, 1.82) is 0 Å². The Balaban J connectivity index is 1.59. The van der Waals surface area contributed by atoms with E-state index in [9.17, 15) is 9.59 Å². The molecular weight excluding hydrogens is 312 g/mol. The molecule has 0 radical (unpaired) electrons. The van der Waals surface area contributed by atoms with E-state index < -0.39 is 0 Å². The van der Waals surface area contributed by atoms with Gasteiger partial charge in [-0.1, -0.05) is 26.3 Å². The van der Waals surface area contributed by atoms with Gasteiger partial charge in [-0.25, -0.2) is 0 Å². The van der Waals surface area contributed by atoms with Crippen LogP contribution in [0.15, 0.2) is 11.6 Å². The Morgan fingerprint density at radius 2 is 1.92 bits per heavy atom. The van der Waals surface area contributed by atoms with Crippen LogP contribution in [0, 0.1) is 28.6 Å². The van der Waals surface area contributed by atoms with Gasteiger partial charge in [0.25, 0.3) is 0 Å². The maximum Gasteiger partial charge on any atom is 0.305 e. The normalized spacial score (nSPS) is 45.9. The highest BCUT2D eigenvalue weighted by Gasteiger charge is 2.59. The number of hydrogen-bond donors (Lipinski definition) is 0. The van der Waals surface area contributed by atoms with Crippen molar-refractivity contribution in [2.75, 3.05) is 0 Å². The van der Waals surface area contributed by atoms with Gasteiger partial charge in [-0.2, -0.15) is 0 Å². The maximum atomic E-state index is 11.9. The van der Waals surface area contributed by atoms with Crippen LogP contribution in [-0.2, 0) is 14.3 Å². The van der Waals surface area contributed by atoms with Crippen LogP contribution in [0.4, 0.5) is 0 Å². The molecule has 4 rings (SSSR count). The molecule has 138 valence electrons. The van der Waals surface area contributed by atoms with E-state index in [2.05, 4.69) is 13.8 Å². The predicted octanol–water partition coefficient (Wildman–Crippen LogP) is 4.84. The second-order valence-electron chi connectivity index (χ2n) is 9.42. The summed E-state index contributed by atoms with van der Waals surface area (Å²) in [6, 6.07) is 0. The van der Waals surface area contributed by atoms with Crippen molar-refractivity contribution in [1.82, 2.24) is 0 Å². The number of fused-ring (bicyclic) bond motifs is 5. The molecule has 0 aromatic carbocycles. The Bertz CT molecular complexity index is 621. The molecule has 6 atom stereocenters. The molecule has 4 aliphatic rings. The monoisotopic (exact) mass is 344 g/mol. The molecule has 0 N–H and O–H groups in total. The third-order valence-electron chi connectivity index (χ3n) is 8.44. The van der Waals surface area contributed by atoms with E-state index in [-0.39, 0.29) is 22.9 Å². The van der Waals surface area contributed by atoms with Crippen LogP contribution in [-0.4, -0.2) is 17.9 Å². The minimum Gasteiger partial charge on any atom is -0.462 e. The first kappa shape index (κ1) is 17.3. The van der Waals surface area contributed by atoms with Gasteiger partial charge in [-0.15, -0.1) is 0 Å². The first-order valence-corrected chi connectivity index (χ1v) is 10.3. The van der Waals surface area contributed by atoms with Gasteiger partial charge in [0.1, 0.15) is 6.10 Å². The largest absolute Gasteiger partial charge is 0.462 e. The molecule has 0 bridgehead atoms. The summed E-state index contributed by atoms with van der Waals surface area (Å²) >= 11 is 0. The van der Waals surface area contributed by atoms with Gasteiger partial charge in [0, 0.05) is 18.3 Å². The van der Waals surface area contributed by atoms with Crippen molar-refractivity contribution in [2.24, 2.45) is 28.6 Å². The summed E-state index contributed by atoms with van der Waals surface area (Å²) in [6.07, 6.45) is 11.3. The number of carbonyl (C=O) groups excluding carboxylic acids is 2. The van der Waals surface area contributed by atoms with Gasteiger partial charge in [-0.3, -0.25) is 9.59 Å². The van der Waals surface area contributed by atoms with Crippen LogP contribution in [0.2, 0.25) is 0 Å². The summed E-state index contributed by atoms with van der Waals surface area (Å²) in [4.78, 5) is 23.8. The number of carbonyl (C=O) groups is 2.